The van der Waals surface area contributed by atoms with E-state index in [-0.39, 0.29) is 0 Å². The molecule has 0 radical (unpaired) electrons. The van der Waals surface area contributed by atoms with Crippen molar-refractivity contribution in [1.82, 2.24) is 0 Å². The summed E-state index contributed by atoms with van der Waals surface area (Å²) in [5, 5.41) is 7.91. The minimum atomic E-state index is -6.00. The molecule has 0 amide bonds. The molecule has 26 heavy (non-hydrogen) atoms. The van der Waals surface area contributed by atoms with Crippen LogP contribution in [0.15, 0.2) is 59.3 Å². The van der Waals surface area contributed by atoms with E-state index in [0.717, 1.165) is 11.1 Å². The zero-order valence-electron chi connectivity index (χ0n) is 12.8. The number of pyridine rings is 2. The Morgan fingerprint density at radius 1 is 0.577 bits per heavy atom. The van der Waals surface area contributed by atoms with Gasteiger partial charge >= 0.3 is 14.5 Å². The third-order valence-electron chi connectivity index (χ3n) is 1.97. The van der Waals surface area contributed by atoms with E-state index in [4.69, 9.17) is 0 Å². The second kappa shape index (κ2) is 11.7. The molecule has 0 aliphatic heterocycles. The highest BCUT2D eigenvalue weighted by Crippen LogP contribution is 2.07. The molecule has 2 aromatic rings. The Labute approximate surface area is 142 Å². The lowest BCUT2D eigenvalue weighted by atomic mass is 10.3. The molecule has 0 unspecified atom stereocenters. The number of aromatic nitrogens is 2. The van der Waals surface area contributed by atoms with Crippen LogP contribution in [0.1, 0.15) is 11.1 Å². The van der Waals surface area contributed by atoms with Gasteiger partial charge in [0, 0.05) is 35.4 Å². The van der Waals surface area contributed by atoms with E-state index in [0.29, 0.717) is 0 Å². The van der Waals surface area contributed by atoms with E-state index >= 15 is 0 Å². The molecular weight excluding hydrogens is 374 g/mol. The molecule has 0 atom stereocenters. The zero-order chi connectivity index (χ0) is 20.1. The monoisotopic (exact) mass is 386 g/mol. The van der Waals surface area contributed by atoms with Crippen molar-refractivity contribution in [3.05, 3.63) is 60.2 Å². The summed E-state index contributed by atoms with van der Waals surface area (Å²) in [6.07, 6.45) is 10.8. The van der Waals surface area contributed by atoms with Crippen LogP contribution in [-0.2, 0) is 0 Å². The summed E-state index contributed by atoms with van der Waals surface area (Å²) < 4.78 is 78.0. The van der Waals surface area contributed by atoms with E-state index in [1.165, 1.54) is 0 Å². The Morgan fingerprint density at radius 3 is 1.04 bits per heavy atom. The topological polar surface area (TPSA) is 53.0 Å². The zero-order valence-corrected chi connectivity index (χ0v) is 12.8. The average Bonchev–Trinajstić information content (AvgIpc) is 2.50. The smallest absolute Gasteiger partial charge is 0.418 e. The van der Waals surface area contributed by atoms with Gasteiger partial charge in [-0.3, -0.25) is 0 Å². The maximum Gasteiger partial charge on any atom is 0.673 e. The summed E-state index contributed by atoms with van der Waals surface area (Å²) in [5.74, 6) is 0. The van der Waals surface area contributed by atoms with Crippen LogP contribution < -0.4 is 9.97 Å². The number of halogens is 8. The molecule has 0 saturated heterocycles. The van der Waals surface area contributed by atoms with Gasteiger partial charge in [0.05, 0.1) is 12.4 Å². The van der Waals surface area contributed by atoms with E-state index in [1.54, 1.807) is 12.4 Å². The Morgan fingerprint density at radius 2 is 0.808 bits per heavy atom. The van der Waals surface area contributed by atoms with Gasteiger partial charge in [0.25, 0.3) is 0 Å². The van der Waals surface area contributed by atoms with E-state index in [9.17, 15) is 34.5 Å². The standard InChI is InChI=1S/C12H10N4.2BF4/c1-5-13-6-2-11(1)9-15-16-10-12-3-7-14-8-4-12;2*2-1(3,4)5/h1-10H;;/q;2*-1/p+2/b15-9+,16-10+;;. The predicted octanol–water partition coefficient (Wildman–Crippen LogP) is 3.37. The van der Waals surface area contributed by atoms with Gasteiger partial charge in [-0.25, -0.2) is 9.97 Å². The van der Waals surface area contributed by atoms with Gasteiger partial charge in [0.15, 0.2) is 24.8 Å². The first-order valence-electron chi connectivity index (χ1n) is 6.68. The van der Waals surface area contributed by atoms with Crippen molar-refractivity contribution in [2.75, 3.05) is 0 Å². The third-order valence-corrected chi connectivity index (χ3v) is 1.97. The van der Waals surface area contributed by atoms with E-state index < -0.39 is 14.5 Å². The van der Waals surface area contributed by atoms with Crippen LogP contribution in [0, 0.1) is 0 Å². The van der Waals surface area contributed by atoms with Crippen molar-refractivity contribution in [3.8, 4) is 0 Å². The van der Waals surface area contributed by atoms with Gasteiger partial charge in [-0.2, -0.15) is 10.2 Å². The summed E-state index contributed by atoms with van der Waals surface area (Å²) in [5.41, 5.74) is 2.02. The first-order valence-corrected chi connectivity index (χ1v) is 6.68. The fourth-order valence-corrected chi connectivity index (χ4v) is 1.17. The van der Waals surface area contributed by atoms with Crippen molar-refractivity contribution >= 4 is 26.9 Å². The lowest BCUT2D eigenvalue weighted by molar-refractivity contribution is -0.378. The van der Waals surface area contributed by atoms with Crippen LogP contribution in [0.4, 0.5) is 34.5 Å². The third kappa shape index (κ3) is 21.2. The first-order chi connectivity index (χ1) is 11.9. The second-order valence-electron chi connectivity index (χ2n) is 4.15. The van der Waals surface area contributed by atoms with E-state index in [1.807, 2.05) is 49.1 Å². The molecule has 2 aromatic heterocycles. The molecule has 0 bridgehead atoms. The largest absolute Gasteiger partial charge is 0.673 e. The highest BCUT2D eigenvalue weighted by Gasteiger charge is 2.21. The maximum atomic E-state index is 9.75. The fraction of sp³-hybridized carbons (Fsp3) is 0. The first kappa shape index (κ1) is 23.2. The molecule has 14 heteroatoms. The number of nitrogens with zero attached hydrogens (tertiary/aromatic N) is 2. The Bertz CT molecular complexity index is 591. The van der Waals surface area contributed by atoms with Crippen LogP contribution >= 0.6 is 0 Å². The van der Waals surface area contributed by atoms with Crippen molar-refractivity contribution < 1.29 is 44.5 Å². The summed E-state index contributed by atoms with van der Waals surface area (Å²) >= 11 is 0. The molecule has 0 aliphatic rings. The number of hydrogen-bond donors (Lipinski definition) is 0. The summed E-state index contributed by atoms with van der Waals surface area (Å²) in [7, 11) is -12.0. The molecule has 2 rings (SSSR count). The van der Waals surface area contributed by atoms with Gasteiger partial charge in [-0.1, -0.05) is 0 Å². The summed E-state index contributed by atoms with van der Waals surface area (Å²) in [6.45, 7) is 0. The van der Waals surface area contributed by atoms with Gasteiger partial charge in [-0.15, -0.1) is 0 Å². The maximum absolute atomic E-state index is 9.75. The normalized spacial score (nSPS) is 11.5. The summed E-state index contributed by atoms with van der Waals surface area (Å²) in [6, 6.07) is 7.71. The Kier molecular flexibility index (Phi) is 10.5. The molecule has 0 spiro atoms. The average molecular weight is 386 g/mol. The van der Waals surface area contributed by atoms with Crippen LogP contribution in [-0.4, -0.2) is 26.9 Å². The quantitative estimate of drug-likeness (QED) is 0.337. The second-order valence-corrected chi connectivity index (χ2v) is 4.15. The molecule has 4 nitrogen and oxygen atoms in total. The Balaban J connectivity index is 0.000000520. The van der Waals surface area contributed by atoms with Crippen molar-refractivity contribution in [2.45, 2.75) is 0 Å². The number of H-pyrrole nitrogens is 2. The minimum absolute atomic E-state index is 1.01. The van der Waals surface area contributed by atoms with Crippen molar-refractivity contribution in [1.29, 1.82) is 0 Å². The van der Waals surface area contributed by atoms with Crippen LogP contribution in [0.25, 0.3) is 0 Å². The number of nitrogens with one attached hydrogen (secondary N) is 2. The van der Waals surface area contributed by atoms with Crippen LogP contribution in [0.2, 0.25) is 0 Å². The molecule has 2 N–H and O–H groups in total. The van der Waals surface area contributed by atoms with E-state index in [2.05, 4.69) is 20.2 Å². The van der Waals surface area contributed by atoms with Gasteiger partial charge in [-0.05, 0) is 0 Å². The van der Waals surface area contributed by atoms with Gasteiger partial charge < -0.3 is 34.5 Å². The van der Waals surface area contributed by atoms with Gasteiger partial charge in [0.2, 0.25) is 0 Å². The Hall–Kier alpha value is -2.79. The van der Waals surface area contributed by atoms with Gasteiger partial charge in [0.1, 0.15) is 0 Å². The van der Waals surface area contributed by atoms with Crippen LogP contribution in [0.5, 0.6) is 0 Å². The molecule has 0 aliphatic carbocycles. The minimum Gasteiger partial charge on any atom is -0.418 e. The molecule has 142 valence electrons. The fourth-order valence-electron chi connectivity index (χ4n) is 1.17. The lowest BCUT2D eigenvalue weighted by Gasteiger charge is -1.94. The molecule has 0 aromatic carbocycles. The number of aromatic amines is 2. The molecular formula is C12H12B2F8N4. The number of rotatable bonds is 3. The highest BCUT2D eigenvalue weighted by atomic mass is 19.5. The van der Waals surface area contributed by atoms with Crippen LogP contribution in [0.3, 0.4) is 0 Å². The number of hydrogen-bond acceptors (Lipinski definition) is 2. The summed E-state index contributed by atoms with van der Waals surface area (Å²) in [4.78, 5) is 5.89. The SMILES string of the molecule is C(=N\N=C\c1cc[nH+]cc1)/c1cc[nH+]cc1.F[B-](F)(F)F.F[B-](F)(F)F. The predicted molar refractivity (Wildman–Crippen MR) is 81.6 cm³/mol. The lowest BCUT2D eigenvalue weighted by Crippen LogP contribution is -2.02. The highest BCUT2D eigenvalue weighted by molar-refractivity contribution is 6.50. The molecule has 2 heterocycles. The molecule has 0 fully saturated rings. The molecule has 0 saturated carbocycles. The van der Waals surface area contributed by atoms with Crippen molar-refractivity contribution in [3.63, 3.8) is 0 Å². The van der Waals surface area contributed by atoms with Crippen molar-refractivity contribution in [2.24, 2.45) is 10.2 Å².